The van der Waals surface area contributed by atoms with E-state index in [0.717, 1.165) is 22.9 Å². The third-order valence-electron chi connectivity index (χ3n) is 4.36. The number of nitrogens with one attached hydrogen (secondary N) is 2. The van der Waals surface area contributed by atoms with E-state index in [9.17, 15) is 14.4 Å². The number of carboxylic acids is 1. The molecule has 1 aliphatic rings. The van der Waals surface area contributed by atoms with Gasteiger partial charge in [-0.15, -0.1) is 12.4 Å². The molecule has 0 bridgehead atoms. The molecule has 1 aliphatic heterocycles. The molecule has 2 atom stereocenters. The summed E-state index contributed by atoms with van der Waals surface area (Å²) >= 11 is 1.01. The van der Waals surface area contributed by atoms with Crippen molar-refractivity contribution in [1.82, 2.24) is 10.6 Å². The van der Waals surface area contributed by atoms with Gasteiger partial charge in [0.15, 0.2) is 0 Å². The van der Waals surface area contributed by atoms with Crippen molar-refractivity contribution in [3.8, 4) is 11.5 Å². The van der Waals surface area contributed by atoms with Crippen LogP contribution < -0.4 is 15.4 Å². The fraction of sp³-hybridized carbons (Fsp3) is 0.250. The third kappa shape index (κ3) is 6.22. The van der Waals surface area contributed by atoms with Gasteiger partial charge in [-0.3, -0.25) is 19.7 Å². The summed E-state index contributed by atoms with van der Waals surface area (Å²) in [6, 6.07) is 14.0. The zero-order valence-corrected chi connectivity index (χ0v) is 17.2. The lowest BCUT2D eigenvalue weighted by Crippen LogP contribution is -2.35. The Kier molecular flexibility index (Phi) is 8.07. The number of benzene rings is 2. The number of ether oxygens (including phenoxy) is 1. The van der Waals surface area contributed by atoms with Crippen LogP contribution in [0.5, 0.6) is 11.5 Å². The van der Waals surface area contributed by atoms with Crippen LogP contribution in [0.4, 0.5) is 4.79 Å². The Morgan fingerprint density at radius 2 is 1.66 bits per heavy atom. The summed E-state index contributed by atoms with van der Waals surface area (Å²) in [6.07, 6.45) is 0.865. The third-order valence-corrected chi connectivity index (χ3v) is 5.34. The fourth-order valence-electron chi connectivity index (χ4n) is 2.81. The number of amides is 2. The summed E-state index contributed by atoms with van der Waals surface area (Å²) in [5, 5.41) is 13.4. The monoisotopic (exact) mass is 436 g/mol. The van der Waals surface area contributed by atoms with E-state index in [-0.39, 0.29) is 28.8 Å². The molecule has 154 valence electrons. The van der Waals surface area contributed by atoms with Crippen molar-refractivity contribution in [2.75, 3.05) is 7.05 Å². The maximum Gasteiger partial charge on any atom is 0.321 e. The Morgan fingerprint density at radius 1 is 1.10 bits per heavy atom. The van der Waals surface area contributed by atoms with Crippen LogP contribution in [0, 0.1) is 0 Å². The average Bonchev–Trinajstić information content (AvgIpc) is 2.99. The summed E-state index contributed by atoms with van der Waals surface area (Å²) < 4.78 is 5.80. The predicted molar refractivity (Wildman–Crippen MR) is 113 cm³/mol. The molecule has 1 fully saturated rings. The molecule has 1 unspecified atom stereocenters. The first-order chi connectivity index (χ1) is 13.4. The first-order valence-electron chi connectivity index (χ1n) is 8.72. The van der Waals surface area contributed by atoms with Crippen molar-refractivity contribution in [3.05, 3.63) is 59.7 Å². The standard InChI is InChI=1S/C20H20N2O5S.ClH/c1-21-16(19(24)25)10-12-2-6-14(7-3-12)27-15-8-4-13(5-9-15)11-17-18(23)22-20(26)28-17;/h2-9,16-17,21H,10-11H2,1H3,(H,24,25)(H,22,23,26);1H/t16-,17?;/m0./s1. The molecule has 0 radical (unpaired) electrons. The van der Waals surface area contributed by atoms with Crippen LogP contribution >= 0.6 is 24.2 Å². The van der Waals surface area contributed by atoms with Crippen LogP contribution in [0.2, 0.25) is 0 Å². The van der Waals surface area contributed by atoms with E-state index < -0.39 is 12.0 Å². The van der Waals surface area contributed by atoms with Gasteiger partial charge in [-0.2, -0.15) is 0 Å². The maximum absolute atomic E-state index is 11.6. The number of hydrogen-bond donors (Lipinski definition) is 3. The molecule has 3 rings (SSSR count). The molecule has 2 amide bonds. The number of imide groups is 1. The minimum atomic E-state index is -0.888. The highest BCUT2D eigenvalue weighted by molar-refractivity contribution is 8.15. The van der Waals surface area contributed by atoms with E-state index in [2.05, 4.69) is 10.6 Å². The molecule has 1 heterocycles. The van der Waals surface area contributed by atoms with Gasteiger partial charge >= 0.3 is 5.97 Å². The highest BCUT2D eigenvalue weighted by atomic mass is 35.5. The normalized spacial score (nSPS) is 16.7. The summed E-state index contributed by atoms with van der Waals surface area (Å²) in [6.45, 7) is 0. The van der Waals surface area contributed by atoms with E-state index >= 15 is 0 Å². The number of carboxylic acid groups (broad SMARTS) is 1. The van der Waals surface area contributed by atoms with Crippen molar-refractivity contribution in [2.45, 2.75) is 24.1 Å². The van der Waals surface area contributed by atoms with Crippen LogP contribution in [-0.2, 0) is 22.4 Å². The number of halogens is 1. The smallest absolute Gasteiger partial charge is 0.321 e. The number of carbonyl (C=O) groups is 3. The van der Waals surface area contributed by atoms with Crippen molar-refractivity contribution in [1.29, 1.82) is 0 Å². The van der Waals surface area contributed by atoms with Gasteiger partial charge in [0, 0.05) is 0 Å². The van der Waals surface area contributed by atoms with Gasteiger partial charge in [0.05, 0.1) is 5.25 Å². The van der Waals surface area contributed by atoms with Crippen molar-refractivity contribution in [3.63, 3.8) is 0 Å². The molecule has 1 saturated heterocycles. The van der Waals surface area contributed by atoms with Gasteiger partial charge in [-0.05, 0) is 55.3 Å². The van der Waals surface area contributed by atoms with Crippen molar-refractivity contribution >= 4 is 41.3 Å². The lowest BCUT2D eigenvalue weighted by Gasteiger charge is -2.12. The second kappa shape index (κ2) is 10.3. The van der Waals surface area contributed by atoms with Gasteiger partial charge in [-0.25, -0.2) is 0 Å². The Hall–Kier alpha value is -2.55. The minimum Gasteiger partial charge on any atom is -0.480 e. The lowest BCUT2D eigenvalue weighted by molar-refractivity contribution is -0.139. The molecule has 0 spiro atoms. The van der Waals surface area contributed by atoms with Crippen molar-refractivity contribution < 1.29 is 24.2 Å². The Balaban J connectivity index is 0.00000300. The molecule has 29 heavy (non-hydrogen) atoms. The molecule has 0 saturated carbocycles. The van der Waals surface area contributed by atoms with Crippen molar-refractivity contribution in [2.24, 2.45) is 0 Å². The maximum atomic E-state index is 11.6. The molecule has 2 aromatic rings. The topological polar surface area (TPSA) is 105 Å². The molecule has 2 aromatic carbocycles. The van der Waals surface area contributed by atoms with Crippen LogP contribution in [0.1, 0.15) is 11.1 Å². The molecule has 0 aliphatic carbocycles. The second-order valence-corrected chi connectivity index (χ2v) is 7.54. The Labute approximate surface area is 178 Å². The molecule has 9 heteroatoms. The lowest BCUT2D eigenvalue weighted by atomic mass is 10.1. The summed E-state index contributed by atoms with van der Waals surface area (Å²) in [5.41, 5.74) is 1.84. The number of thioether (sulfide) groups is 1. The second-order valence-electron chi connectivity index (χ2n) is 6.36. The van der Waals surface area contributed by atoms with E-state index in [1.165, 1.54) is 0 Å². The molecule has 3 N–H and O–H groups in total. The van der Waals surface area contributed by atoms with E-state index in [1.54, 1.807) is 19.2 Å². The fourth-order valence-corrected chi connectivity index (χ4v) is 3.67. The number of carbonyl (C=O) groups excluding carboxylic acids is 2. The highest BCUT2D eigenvalue weighted by Gasteiger charge is 2.31. The Bertz CT molecular complexity index is 873. The molecule has 0 aromatic heterocycles. The van der Waals surface area contributed by atoms with Gasteiger partial charge in [0.1, 0.15) is 17.5 Å². The van der Waals surface area contributed by atoms with Gasteiger partial charge < -0.3 is 15.2 Å². The first kappa shape index (κ1) is 22.7. The Morgan fingerprint density at radius 3 is 2.10 bits per heavy atom. The van der Waals surface area contributed by atoms with E-state index in [0.29, 0.717) is 24.3 Å². The van der Waals surface area contributed by atoms with Gasteiger partial charge in [0.25, 0.3) is 5.24 Å². The molecular formula is C20H21ClN2O5S. The number of hydrogen-bond acceptors (Lipinski definition) is 6. The zero-order valence-electron chi connectivity index (χ0n) is 15.6. The molecule has 7 nitrogen and oxygen atoms in total. The number of likely N-dealkylation sites (N-methyl/N-ethyl adjacent to an activating group) is 1. The average molecular weight is 437 g/mol. The minimum absolute atomic E-state index is 0. The van der Waals surface area contributed by atoms with Crippen LogP contribution in [0.15, 0.2) is 48.5 Å². The quantitative estimate of drug-likeness (QED) is 0.584. The van der Waals surface area contributed by atoms with E-state index in [1.807, 2.05) is 36.4 Å². The van der Waals surface area contributed by atoms with Crippen LogP contribution in [0.3, 0.4) is 0 Å². The van der Waals surface area contributed by atoms with Gasteiger partial charge in [-0.1, -0.05) is 36.0 Å². The largest absolute Gasteiger partial charge is 0.480 e. The van der Waals surface area contributed by atoms with Crippen LogP contribution in [0.25, 0.3) is 0 Å². The van der Waals surface area contributed by atoms with Crippen LogP contribution in [-0.4, -0.2) is 40.6 Å². The van der Waals surface area contributed by atoms with Gasteiger partial charge in [0.2, 0.25) is 5.91 Å². The summed E-state index contributed by atoms with van der Waals surface area (Å²) in [5.74, 6) is 0.151. The molecular weight excluding hydrogens is 416 g/mol. The van der Waals surface area contributed by atoms with E-state index in [4.69, 9.17) is 9.84 Å². The first-order valence-corrected chi connectivity index (χ1v) is 9.60. The highest BCUT2D eigenvalue weighted by Crippen LogP contribution is 2.26. The number of aliphatic carboxylic acids is 1. The predicted octanol–water partition coefficient (Wildman–Crippen LogP) is 3.01. The SMILES string of the molecule is CN[C@@H](Cc1ccc(Oc2ccc(CC3SC(=O)NC3=O)cc2)cc1)C(=O)O.Cl. The summed E-state index contributed by atoms with van der Waals surface area (Å²) in [7, 11) is 1.62. The summed E-state index contributed by atoms with van der Waals surface area (Å²) in [4.78, 5) is 33.9. The number of rotatable bonds is 8. The zero-order chi connectivity index (χ0) is 20.1.